The molecule has 0 bridgehead atoms. The number of anilines is 1. The van der Waals surface area contributed by atoms with Crippen LogP contribution >= 0.6 is 11.6 Å². The molecule has 1 heterocycles. The lowest BCUT2D eigenvalue weighted by Crippen LogP contribution is -2.41. The number of ketones is 1. The molecule has 3 aromatic carbocycles. The first-order chi connectivity index (χ1) is 14.7. The van der Waals surface area contributed by atoms with Gasteiger partial charge in [0, 0.05) is 16.1 Å². The van der Waals surface area contributed by atoms with E-state index in [1.54, 1.807) is 24.3 Å². The van der Waals surface area contributed by atoms with Gasteiger partial charge in [-0.1, -0.05) is 59.1 Å². The van der Waals surface area contributed by atoms with Gasteiger partial charge < -0.3 is 10.0 Å². The Kier molecular flexibility index (Phi) is 5.46. The number of Topliss-reactive ketones (excluding diaryl/α,β-unsaturated/α-hetero) is 1. The van der Waals surface area contributed by atoms with Crippen molar-refractivity contribution in [3.8, 4) is 0 Å². The largest absolute Gasteiger partial charge is 0.375 e. The molecule has 158 valence electrons. The molecule has 1 unspecified atom stereocenters. The lowest BCUT2D eigenvalue weighted by molar-refractivity contribution is -0.136. The van der Waals surface area contributed by atoms with Crippen molar-refractivity contribution in [2.45, 2.75) is 39.3 Å². The van der Waals surface area contributed by atoms with Crippen LogP contribution in [0.25, 0.3) is 0 Å². The molecule has 0 fully saturated rings. The Balaban J connectivity index is 1.72. The van der Waals surface area contributed by atoms with Gasteiger partial charge in [-0.2, -0.15) is 0 Å². The molecular weight excluding hydrogens is 410 g/mol. The van der Waals surface area contributed by atoms with Crippen molar-refractivity contribution in [3.63, 3.8) is 0 Å². The van der Waals surface area contributed by atoms with Crippen LogP contribution in [-0.4, -0.2) is 16.8 Å². The molecule has 1 aliphatic heterocycles. The summed E-state index contributed by atoms with van der Waals surface area (Å²) < 4.78 is 0. The van der Waals surface area contributed by atoms with Crippen LogP contribution in [0.15, 0.2) is 60.7 Å². The molecule has 4 rings (SSSR count). The summed E-state index contributed by atoms with van der Waals surface area (Å²) in [6.45, 7) is 6.05. The summed E-state index contributed by atoms with van der Waals surface area (Å²) >= 11 is 6.20. The van der Waals surface area contributed by atoms with Crippen LogP contribution < -0.4 is 4.90 Å². The maximum absolute atomic E-state index is 13.5. The summed E-state index contributed by atoms with van der Waals surface area (Å²) in [5.41, 5.74) is 3.32. The van der Waals surface area contributed by atoms with Gasteiger partial charge in [0.1, 0.15) is 0 Å². The summed E-state index contributed by atoms with van der Waals surface area (Å²) in [6, 6.07) is 18.5. The number of nitrogens with zero attached hydrogens (tertiary/aromatic N) is 1. The Labute approximate surface area is 187 Å². The second-order valence-electron chi connectivity index (χ2n) is 8.32. The van der Waals surface area contributed by atoms with Crippen molar-refractivity contribution >= 4 is 29.0 Å². The fraction of sp³-hybridized carbons (Fsp3) is 0.231. The molecule has 4 nitrogen and oxygen atoms in total. The molecule has 0 aromatic heterocycles. The summed E-state index contributed by atoms with van der Waals surface area (Å²) in [5, 5.41) is 12.0. The van der Waals surface area contributed by atoms with E-state index in [1.807, 2.05) is 57.2 Å². The lowest BCUT2D eigenvalue weighted by atomic mass is 9.87. The highest BCUT2D eigenvalue weighted by atomic mass is 35.5. The van der Waals surface area contributed by atoms with Crippen molar-refractivity contribution in [2.75, 3.05) is 4.90 Å². The predicted molar refractivity (Wildman–Crippen MR) is 123 cm³/mol. The van der Waals surface area contributed by atoms with Crippen LogP contribution in [-0.2, 0) is 16.9 Å². The molecule has 1 N–H and O–H groups in total. The zero-order valence-corrected chi connectivity index (χ0v) is 18.5. The van der Waals surface area contributed by atoms with E-state index in [9.17, 15) is 14.7 Å². The van der Waals surface area contributed by atoms with Gasteiger partial charge in [0.15, 0.2) is 11.4 Å². The Hall–Kier alpha value is -2.95. The number of aryl methyl sites for hydroxylation is 3. The summed E-state index contributed by atoms with van der Waals surface area (Å²) in [6.07, 6.45) is -0.339. The maximum Gasteiger partial charge on any atom is 0.264 e. The van der Waals surface area contributed by atoms with Crippen molar-refractivity contribution in [2.24, 2.45) is 0 Å². The van der Waals surface area contributed by atoms with E-state index in [4.69, 9.17) is 11.6 Å². The first-order valence-corrected chi connectivity index (χ1v) is 10.6. The standard InChI is InChI=1S/C26H24ClNO3/c1-16-5-8-19(9-6-16)15-28-23-11-10-20(27)13-22(23)26(31,25(28)30)14-24(29)21-12-17(2)4-7-18(21)3/h4-13,31H,14-15H2,1-3H3. The van der Waals surface area contributed by atoms with Crippen molar-refractivity contribution in [3.05, 3.63) is 99.1 Å². The van der Waals surface area contributed by atoms with Crippen LogP contribution in [0, 0.1) is 20.8 Å². The Morgan fingerprint density at radius 3 is 2.35 bits per heavy atom. The number of benzene rings is 3. The van der Waals surface area contributed by atoms with Crippen LogP contribution in [0.3, 0.4) is 0 Å². The van der Waals surface area contributed by atoms with Crippen molar-refractivity contribution in [1.29, 1.82) is 0 Å². The van der Waals surface area contributed by atoms with Gasteiger partial charge in [-0.05, 0) is 56.2 Å². The Morgan fingerprint density at radius 1 is 0.968 bits per heavy atom. The topological polar surface area (TPSA) is 57.6 Å². The number of amides is 1. The van der Waals surface area contributed by atoms with Gasteiger partial charge in [-0.25, -0.2) is 0 Å². The lowest BCUT2D eigenvalue weighted by Gasteiger charge is -2.23. The van der Waals surface area contributed by atoms with Crippen LogP contribution in [0.4, 0.5) is 5.69 Å². The van der Waals surface area contributed by atoms with Crippen LogP contribution in [0.2, 0.25) is 5.02 Å². The zero-order chi connectivity index (χ0) is 22.3. The molecule has 1 amide bonds. The molecule has 0 aliphatic carbocycles. The molecule has 0 spiro atoms. The molecule has 3 aromatic rings. The number of carbonyl (C=O) groups is 2. The van der Waals surface area contributed by atoms with E-state index in [0.717, 1.165) is 22.3 Å². The second kappa shape index (κ2) is 7.95. The Morgan fingerprint density at radius 2 is 1.65 bits per heavy atom. The fourth-order valence-corrected chi connectivity index (χ4v) is 4.26. The Bertz CT molecular complexity index is 1190. The van der Waals surface area contributed by atoms with Gasteiger partial charge in [-0.3, -0.25) is 9.59 Å². The number of fused-ring (bicyclic) bond motifs is 1. The number of aliphatic hydroxyl groups is 1. The van der Waals surface area contributed by atoms with Gasteiger partial charge >= 0.3 is 0 Å². The van der Waals surface area contributed by atoms with E-state index in [1.165, 1.54) is 4.90 Å². The van der Waals surface area contributed by atoms with Crippen molar-refractivity contribution < 1.29 is 14.7 Å². The minimum absolute atomic E-state index is 0.278. The minimum atomic E-state index is -1.96. The van der Waals surface area contributed by atoms with E-state index in [-0.39, 0.29) is 12.2 Å². The number of rotatable bonds is 5. The minimum Gasteiger partial charge on any atom is -0.375 e. The molecule has 31 heavy (non-hydrogen) atoms. The highest BCUT2D eigenvalue weighted by molar-refractivity contribution is 6.31. The van der Waals surface area contributed by atoms with Crippen molar-refractivity contribution in [1.82, 2.24) is 0 Å². The third-order valence-electron chi connectivity index (χ3n) is 5.87. The van der Waals surface area contributed by atoms with Gasteiger partial charge in [0.2, 0.25) is 0 Å². The third-order valence-corrected chi connectivity index (χ3v) is 6.10. The fourth-order valence-electron chi connectivity index (χ4n) is 4.09. The van der Waals surface area contributed by atoms with Crippen LogP contribution in [0.5, 0.6) is 0 Å². The summed E-state index contributed by atoms with van der Waals surface area (Å²) in [7, 11) is 0. The average molecular weight is 434 g/mol. The molecular formula is C26H24ClNO3. The summed E-state index contributed by atoms with van der Waals surface area (Å²) in [5.74, 6) is -0.788. The molecule has 5 heteroatoms. The molecule has 0 radical (unpaired) electrons. The van der Waals surface area contributed by atoms with E-state index >= 15 is 0 Å². The van der Waals surface area contributed by atoms with Crippen LogP contribution in [0.1, 0.15) is 44.6 Å². The highest BCUT2D eigenvalue weighted by Gasteiger charge is 2.51. The van der Waals surface area contributed by atoms with E-state index < -0.39 is 11.5 Å². The zero-order valence-electron chi connectivity index (χ0n) is 17.8. The SMILES string of the molecule is Cc1ccc(CN2C(=O)C(O)(CC(=O)c3cc(C)ccc3C)c3cc(Cl)ccc32)cc1. The average Bonchev–Trinajstić information content (AvgIpc) is 2.92. The first-order valence-electron chi connectivity index (χ1n) is 10.2. The van der Waals surface area contributed by atoms with E-state index in [0.29, 0.717) is 28.4 Å². The van der Waals surface area contributed by atoms with Gasteiger partial charge in [0.25, 0.3) is 5.91 Å². The molecule has 1 aliphatic rings. The normalized spacial score (nSPS) is 17.7. The third kappa shape index (κ3) is 3.89. The molecule has 0 saturated carbocycles. The molecule has 1 atom stereocenters. The predicted octanol–water partition coefficient (Wildman–Crippen LogP) is 5.27. The second-order valence-corrected chi connectivity index (χ2v) is 8.75. The number of carbonyl (C=O) groups excluding carboxylic acids is 2. The number of hydrogen-bond acceptors (Lipinski definition) is 3. The maximum atomic E-state index is 13.5. The highest BCUT2D eigenvalue weighted by Crippen LogP contribution is 2.45. The first kappa shape index (κ1) is 21.3. The smallest absolute Gasteiger partial charge is 0.264 e. The monoisotopic (exact) mass is 433 g/mol. The number of hydrogen-bond donors (Lipinski definition) is 1. The van der Waals surface area contributed by atoms with E-state index in [2.05, 4.69) is 0 Å². The summed E-state index contributed by atoms with van der Waals surface area (Å²) in [4.78, 5) is 28.2. The number of halogens is 1. The quantitative estimate of drug-likeness (QED) is 0.557. The van der Waals surface area contributed by atoms with Gasteiger partial charge in [0.05, 0.1) is 18.7 Å². The van der Waals surface area contributed by atoms with Gasteiger partial charge in [-0.15, -0.1) is 0 Å². The molecule has 0 saturated heterocycles.